The zero-order valence-corrected chi connectivity index (χ0v) is 20.1. The van der Waals surface area contributed by atoms with E-state index < -0.39 is 0 Å². The Balaban J connectivity index is 1.54. The van der Waals surface area contributed by atoms with E-state index in [0.29, 0.717) is 19.1 Å². The van der Waals surface area contributed by atoms with E-state index in [4.69, 9.17) is 4.42 Å². The number of tetrazole rings is 1. The van der Waals surface area contributed by atoms with Gasteiger partial charge in [0.05, 0.1) is 12.3 Å². The van der Waals surface area contributed by atoms with Gasteiger partial charge in [0, 0.05) is 23.7 Å². The first-order chi connectivity index (χ1) is 16.5. The van der Waals surface area contributed by atoms with Crippen molar-refractivity contribution in [2.24, 2.45) is 5.92 Å². The van der Waals surface area contributed by atoms with Crippen LogP contribution in [0.4, 0.5) is 0 Å². The molecule has 0 bridgehead atoms. The number of furan rings is 1. The van der Waals surface area contributed by atoms with Crippen molar-refractivity contribution >= 4 is 10.9 Å². The van der Waals surface area contributed by atoms with Crippen molar-refractivity contribution in [1.82, 2.24) is 30.1 Å². The van der Waals surface area contributed by atoms with Crippen molar-refractivity contribution in [1.29, 1.82) is 0 Å². The average molecular weight is 461 g/mol. The summed E-state index contributed by atoms with van der Waals surface area (Å²) in [4.78, 5) is 18.6. The van der Waals surface area contributed by atoms with Crippen LogP contribution < -0.4 is 5.56 Å². The molecule has 178 valence electrons. The predicted octanol–water partition coefficient (Wildman–Crippen LogP) is 4.61. The van der Waals surface area contributed by atoms with Crippen molar-refractivity contribution in [2.75, 3.05) is 0 Å². The van der Waals surface area contributed by atoms with Gasteiger partial charge in [-0.25, -0.2) is 4.68 Å². The quantitative estimate of drug-likeness (QED) is 0.413. The van der Waals surface area contributed by atoms with Crippen molar-refractivity contribution in [3.63, 3.8) is 0 Å². The Morgan fingerprint density at radius 2 is 2.03 bits per heavy atom. The van der Waals surface area contributed by atoms with Gasteiger partial charge in [-0.15, -0.1) is 5.10 Å². The highest BCUT2D eigenvalue weighted by atomic mass is 16.3. The van der Waals surface area contributed by atoms with E-state index in [9.17, 15) is 4.79 Å². The van der Waals surface area contributed by atoms with E-state index in [1.165, 1.54) is 18.4 Å². The molecule has 1 atom stereocenters. The second-order valence-corrected chi connectivity index (χ2v) is 9.79. The summed E-state index contributed by atoms with van der Waals surface area (Å²) in [5.41, 5.74) is 2.79. The highest BCUT2D eigenvalue weighted by molar-refractivity contribution is 5.79. The van der Waals surface area contributed by atoms with Crippen LogP contribution in [-0.4, -0.2) is 36.1 Å². The van der Waals surface area contributed by atoms with Gasteiger partial charge in [0.2, 0.25) is 0 Å². The largest absolute Gasteiger partial charge is 0.467 e. The minimum atomic E-state index is -0.0305. The Hall–Kier alpha value is -3.26. The number of aromatic amines is 1. The molecule has 0 radical (unpaired) electrons. The number of hydrogen-bond acceptors (Lipinski definition) is 6. The molecule has 8 nitrogen and oxygen atoms in total. The fourth-order valence-electron chi connectivity index (χ4n) is 5.29. The molecule has 3 heterocycles. The topological polar surface area (TPSA) is 92.8 Å². The monoisotopic (exact) mass is 460 g/mol. The van der Waals surface area contributed by atoms with Crippen LogP contribution in [0.2, 0.25) is 0 Å². The normalized spacial score (nSPS) is 15.7. The molecule has 1 aliphatic rings. The molecule has 1 unspecified atom stereocenters. The van der Waals surface area contributed by atoms with Crippen molar-refractivity contribution < 1.29 is 4.42 Å². The standard InChI is InChI=1S/C26H32N6O2/c1-17(2)24(25-28-29-30-32(25)16-22-9-6-12-34-22)31(21-7-4-5-8-21)15-20-14-19-13-18(3)10-11-23(19)27-26(20)33/h6,9-14,17,21,24H,4-5,7-8,15-16H2,1-3H3,(H,27,33). The van der Waals surface area contributed by atoms with Gasteiger partial charge < -0.3 is 9.40 Å². The summed E-state index contributed by atoms with van der Waals surface area (Å²) in [5.74, 6) is 1.87. The van der Waals surface area contributed by atoms with Gasteiger partial charge in [0.1, 0.15) is 12.3 Å². The minimum Gasteiger partial charge on any atom is -0.467 e. The number of aromatic nitrogens is 5. The van der Waals surface area contributed by atoms with Crippen LogP contribution in [0.3, 0.4) is 0 Å². The second kappa shape index (κ2) is 9.54. The third kappa shape index (κ3) is 4.55. The first-order valence-corrected chi connectivity index (χ1v) is 12.2. The Bertz CT molecular complexity index is 1300. The Morgan fingerprint density at radius 3 is 2.76 bits per heavy atom. The molecule has 0 amide bonds. The number of nitrogens with one attached hydrogen (secondary N) is 1. The van der Waals surface area contributed by atoms with Crippen LogP contribution >= 0.6 is 0 Å². The lowest BCUT2D eigenvalue weighted by Crippen LogP contribution is -2.41. The molecule has 1 N–H and O–H groups in total. The van der Waals surface area contributed by atoms with E-state index in [0.717, 1.165) is 40.9 Å². The molecule has 1 aliphatic carbocycles. The van der Waals surface area contributed by atoms with Crippen molar-refractivity contribution in [3.05, 3.63) is 75.7 Å². The highest BCUT2D eigenvalue weighted by Crippen LogP contribution is 2.36. The number of H-pyrrole nitrogens is 1. The van der Waals surface area contributed by atoms with Gasteiger partial charge in [0.15, 0.2) is 5.82 Å². The van der Waals surface area contributed by atoms with Crippen LogP contribution in [0.25, 0.3) is 10.9 Å². The van der Waals surface area contributed by atoms with Gasteiger partial charge in [0.25, 0.3) is 5.56 Å². The van der Waals surface area contributed by atoms with Crippen LogP contribution in [0, 0.1) is 12.8 Å². The number of aryl methyl sites for hydroxylation is 1. The second-order valence-electron chi connectivity index (χ2n) is 9.79. The van der Waals surface area contributed by atoms with Gasteiger partial charge >= 0.3 is 0 Å². The molecule has 0 aliphatic heterocycles. The first-order valence-electron chi connectivity index (χ1n) is 12.2. The molecule has 8 heteroatoms. The third-order valence-electron chi connectivity index (χ3n) is 6.92. The maximum Gasteiger partial charge on any atom is 0.252 e. The molecule has 1 saturated carbocycles. The van der Waals surface area contributed by atoms with Gasteiger partial charge in [-0.3, -0.25) is 9.69 Å². The highest BCUT2D eigenvalue weighted by Gasteiger charge is 2.35. The molecule has 3 aromatic heterocycles. The van der Waals surface area contributed by atoms with E-state index in [2.05, 4.69) is 52.2 Å². The minimum absolute atomic E-state index is 0.0272. The smallest absolute Gasteiger partial charge is 0.252 e. The van der Waals surface area contributed by atoms with E-state index in [1.54, 1.807) is 6.26 Å². The predicted molar refractivity (Wildman–Crippen MR) is 130 cm³/mol. The zero-order valence-electron chi connectivity index (χ0n) is 20.1. The van der Waals surface area contributed by atoms with Crippen molar-refractivity contribution in [2.45, 2.75) is 71.6 Å². The molecule has 5 rings (SSSR count). The molecule has 4 aromatic rings. The van der Waals surface area contributed by atoms with Crippen LogP contribution in [0.1, 0.15) is 68.3 Å². The number of hydrogen-bond donors (Lipinski definition) is 1. The van der Waals surface area contributed by atoms with Crippen LogP contribution in [0.5, 0.6) is 0 Å². The van der Waals surface area contributed by atoms with E-state index in [1.807, 2.05) is 35.0 Å². The van der Waals surface area contributed by atoms with Crippen LogP contribution in [0.15, 0.2) is 51.9 Å². The molecule has 0 saturated heterocycles. The maximum atomic E-state index is 13.1. The lowest BCUT2D eigenvalue weighted by molar-refractivity contribution is 0.0842. The SMILES string of the molecule is Cc1ccc2[nH]c(=O)c(CN(C3CCCC3)C(c3nnnn3Cc3ccco3)C(C)C)cc2c1. The van der Waals surface area contributed by atoms with Crippen molar-refractivity contribution in [3.8, 4) is 0 Å². The molecule has 0 spiro atoms. The fraction of sp³-hybridized carbons (Fsp3) is 0.462. The Morgan fingerprint density at radius 1 is 1.21 bits per heavy atom. The summed E-state index contributed by atoms with van der Waals surface area (Å²) in [6, 6.07) is 12.3. The summed E-state index contributed by atoms with van der Waals surface area (Å²) >= 11 is 0. The maximum absolute atomic E-state index is 13.1. The Kier molecular flexibility index (Phi) is 6.32. The third-order valence-corrected chi connectivity index (χ3v) is 6.92. The van der Waals surface area contributed by atoms with Gasteiger partial charge in [-0.1, -0.05) is 38.3 Å². The molecular weight excluding hydrogens is 428 g/mol. The summed E-state index contributed by atoms with van der Waals surface area (Å²) < 4.78 is 7.38. The number of pyridine rings is 1. The summed E-state index contributed by atoms with van der Waals surface area (Å²) in [7, 11) is 0. The Labute approximate surface area is 199 Å². The number of fused-ring (bicyclic) bond motifs is 1. The summed E-state index contributed by atoms with van der Waals surface area (Å²) in [6.07, 6.45) is 6.31. The lowest BCUT2D eigenvalue weighted by Gasteiger charge is -2.37. The summed E-state index contributed by atoms with van der Waals surface area (Å²) in [6.45, 7) is 7.51. The number of benzene rings is 1. The number of rotatable bonds is 8. The van der Waals surface area contributed by atoms with E-state index in [-0.39, 0.29) is 17.5 Å². The van der Waals surface area contributed by atoms with E-state index >= 15 is 0 Å². The van der Waals surface area contributed by atoms with Gasteiger partial charge in [-0.05, 0) is 71.8 Å². The average Bonchev–Trinajstić information content (AvgIpc) is 3.58. The first kappa shape index (κ1) is 22.5. The molecule has 34 heavy (non-hydrogen) atoms. The zero-order chi connectivity index (χ0) is 23.7. The number of nitrogens with zero attached hydrogens (tertiary/aromatic N) is 5. The van der Waals surface area contributed by atoms with Gasteiger partial charge in [-0.2, -0.15) is 0 Å². The molecule has 1 fully saturated rings. The van der Waals surface area contributed by atoms with Crippen LogP contribution in [-0.2, 0) is 13.1 Å². The fourth-order valence-corrected chi connectivity index (χ4v) is 5.29. The molecule has 1 aromatic carbocycles. The lowest BCUT2D eigenvalue weighted by atomic mass is 9.97. The molecular formula is C26H32N6O2. The summed E-state index contributed by atoms with van der Waals surface area (Å²) in [5, 5.41) is 13.8.